The van der Waals surface area contributed by atoms with Gasteiger partial charge in [-0.25, -0.2) is 0 Å². The number of Topliss-reactive ketones (excluding diaryl/α,β-unsaturated/α-hetero) is 1. The van der Waals surface area contributed by atoms with E-state index >= 15 is 4.79 Å². The number of rotatable bonds is 18. The van der Waals surface area contributed by atoms with E-state index in [9.17, 15) is 9.59 Å². The summed E-state index contributed by atoms with van der Waals surface area (Å²) in [5.74, 6) is -1.79. The van der Waals surface area contributed by atoms with Gasteiger partial charge < -0.3 is 14.4 Å². The van der Waals surface area contributed by atoms with Crippen LogP contribution in [-0.4, -0.2) is 103 Å². The number of ketones is 1. The van der Waals surface area contributed by atoms with E-state index in [0.717, 1.165) is 19.3 Å². The van der Waals surface area contributed by atoms with Crippen LogP contribution in [0.1, 0.15) is 94.6 Å². The predicted octanol–water partition coefficient (Wildman–Crippen LogP) is 5.26. The highest BCUT2D eigenvalue weighted by Gasteiger charge is 2.75. The molecule has 2 bridgehead atoms. The van der Waals surface area contributed by atoms with Gasteiger partial charge in [0.25, 0.3) is 0 Å². The largest absolute Gasteiger partial charge is 0.468 e. The molecule has 0 spiro atoms. The van der Waals surface area contributed by atoms with Crippen molar-refractivity contribution in [2.75, 3.05) is 61.0 Å². The van der Waals surface area contributed by atoms with E-state index in [1.54, 1.807) is 12.4 Å². The second-order valence-corrected chi connectivity index (χ2v) is 13.5. The molecular formula is C37H55N5O5. The fourth-order valence-electron chi connectivity index (χ4n) is 7.80. The van der Waals surface area contributed by atoms with E-state index in [4.69, 9.17) is 19.4 Å². The van der Waals surface area contributed by atoms with Gasteiger partial charge in [-0.2, -0.15) is 0 Å². The number of methoxy groups -OCH3 is 2. The van der Waals surface area contributed by atoms with Crippen molar-refractivity contribution in [3.63, 3.8) is 0 Å². The van der Waals surface area contributed by atoms with E-state index in [2.05, 4.69) is 16.7 Å². The highest BCUT2D eigenvalue weighted by molar-refractivity contribution is 6.17. The molecule has 4 heterocycles. The Morgan fingerprint density at radius 1 is 0.766 bits per heavy atom. The quantitative estimate of drug-likeness (QED) is 0.121. The third-order valence-electron chi connectivity index (χ3n) is 10.0. The summed E-state index contributed by atoms with van der Waals surface area (Å²) in [6.45, 7) is 4.21. The fraction of sp³-hybridized carbons (Fsp3) is 0.649. The Morgan fingerprint density at radius 3 is 1.64 bits per heavy atom. The van der Waals surface area contributed by atoms with Crippen LogP contribution in [0.4, 0.5) is 0 Å². The van der Waals surface area contributed by atoms with Crippen molar-refractivity contribution in [3.8, 4) is 0 Å². The van der Waals surface area contributed by atoms with Gasteiger partial charge in [-0.1, -0.05) is 76.8 Å². The molecule has 47 heavy (non-hydrogen) atoms. The molecule has 2 fully saturated rings. The molecule has 0 radical (unpaired) electrons. The molecule has 10 nitrogen and oxygen atoms in total. The van der Waals surface area contributed by atoms with E-state index in [1.807, 2.05) is 55.4 Å². The Morgan fingerprint density at radius 2 is 1.23 bits per heavy atom. The minimum atomic E-state index is -1.72. The Balaban J connectivity index is 1.81. The van der Waals surface area contributed by atoms with E-state index < -0.39 is 40.6 Å². The van der Waals surface area contributed by atoms with Gasteiger partial charge >= 0.3 is 11.9 Å². The first-order valence-corrected chi connectivity index (χ1v) is 17.4. The molecule has 0 amide bonds. The van der Waals surface area contributed by atoms with Gasteiger partial charge in [0.15, 0.2) is 16.6 Å². The lowest BCUT2D eigenvalue weighted by molar-refractivity contribution is -0.206. The average molecular weight is 650 g/mol. The molecule has 258 valence electrons. The first-order valence-electron chi connectivity index (χ1n) is 17.4. The molecule has 2 aromatic rings. The SMILES string of the molecule is CCCCCCCCCCCCN1C(c2ccccn2)C2(C(=O)OC)CN(CCN(C)C)CC(C(=O)OC)(C2=O)C1c1ccccn1. The van der Waals surface area contributed by atoms with Crippen LogP contribution < -0.4 is 0 Å². The average Bonchev–Trinajstić information content (AvgIpc) is 3.09. The van der Waals surface area contributed by atoms with E-state index in [1.165, 1.54) is 59.2 Å². The highest BCUT2D eigenvalue weighted by atomic mass is 16.5. The van der Waals surface area contributed by atoms with Crippen molar-refractivity contribution in [2.24, 2.45) is 10.8 Å². The van der Waals surface area contributed by atoms with Gasteiger partial charge in [0, 0.05) is 38.6 Å². The van der Waals surface area contributed by atoms with Crippen LogP contribution in [0, 0.1) is 10.8 Å². The van der Waals surface area contributed by atoms with Gasteiger partial charge in [0.2, 0.25) is 0 Å². The number of carbonyl (C=O) groups is 3. The van der Waals surface area contributed by atoms with Gasteiger partial charge in [-0.3, -0.25) is 34.2 Å². The molecular weight excluding hydrogens is 594 g/mol. The molecule has 4 unspecified atom stereocenters. The van der Waals surface area contributed by atoms with Crippen LogP contribution in [0.3, 0.4) is 0 Å². The predicted molar refractivity (Wildman–Crippen MR) is 181 cm³/mol. The normalized spacial score (nSPS) is 24.8. The number of carbonyl (C=O) groups excluding carboxylic acids is 3. The molecule has 2 aliphatic rings. The summed E-state index contributed by atoms with van der Waals surface area (Å²) >= 11 is 0. The number of aromatic nitrogens is 2. The highest BCUT2D eigenvalue weighted by Crippen LogP contribution is 2.60. The van der Waals surface area contributed by atoms with E-state index in [-0.39, 0.29) is 13.1 Å². The Kier molecular flexibility index (Phi) is 13.5. The number of unbranched alkanes of at least 4 members (excludes halogenated alkanes) is 9. The summed E-state index contributed by atoms with van der Waals surface area (Å²) in [5.41, 5.74) is -2.25. The van der Waals surface area contributed by atoms with Crippen LogP contribution in [0.25, 0.3) is 0 Å². The van der Waals surface area contributed by atoms with Crippen LogP contribution in [0.2, 0.25) is 0 Å². The van der Waals surface area contributed by atoms with Crippen molar-refractivity contribution >= 4 is 17.7 Å². The van der Waals surface area contributed by atoms with Crippen molar-refractivity contribution in [3.05, 3.63) is 60.2 Å². The number of nitrogens with zero attached hydrogens (tertiary/aromatic N) is 5. The standard InChI is InChI=1S/C37H55N5O5/c1-6-7-8-9-10-11-12-13-14-19-24-42-31(29-20-15-17-22-38-29)36(34(44)46-4)27-41(26-25-40(2)3)28-37(33(36)43,35(45)47-5)32(42)30-21-16-18-23-39-30/h15-18,20-23,31-32H,6-14,19,24-28H2,1-5H3. The monoisotopic (exact) mass is 649 g/mol. The van der Waals surface area contributed by atoms with Crippen molar-refractivity contribution in [1.82, 2.24) is 24.7 Å². The number of likely N-dealkylation sites (tertiary alicyclic amines) is 2. The van der Waals surface area contributed by atoms with Crippen molar-refractivity contribution in [2.45, 2.75) is 83.2 Å². The molecule has 2 aliphatic heterocycles. The second-order valence-electron chi connectivity index (χ2n) is 13.5. The van der Waals surface area contributed by atoms with Crippen molar-refractivity contribution < 1.29 is 23.9 Å². The Labute approximate surface area is 281 Å². The number of esters is 2. The lowest BCUT2D eigenvalue weighted by atomic mass is 9.54. The molecule has 0 aliphatic carbocycles. The van der Waals surface area contributed by atoms with E-state index in [0.29, 0.717) is 31.0 Å². The van der Waals surface area contributed by atoms with Crippen LogP contribution in [0.15, 0.2) is 48.8 Å². The van der Waals surface area contributed by atoms with Gasteiger partial charge in [-0.15, -0.1) is 0 Å². The minimum absolute atomic E-state index is 0.107. The molecule has 2 aromatic heterocycles. The van der Waals surface area contributed by atoms with Crippen LogP contribution in [0.5, 0.6) is 0 Å². The third-order valence-corrected chi connectivity index (χ3v) is 10.0. The number of fused-ring (bicyclic) bond motifs is 2. The molecule has 10 heteroatoms. The Hall–Kier alpha value is -3.21. The number of piperidine rings is 2. The molecule has 0 N–H and O–H groups in total. The van der Waals surface area contributed by atoms with Gasteiger partial charge in [0.05, 0.1) is 37.7 Å². The number of likely N-dealkylation sites (N-methyl/N-ethyl adjacent to an activating group) is 1. The number of ether oxygens (including phenoxy) is 2. The van der Waals surface area contributed by atoms with Crippen LogP contribution in [-0.2, 0) is 23.9 Å². The lowest BCUT2D eigenvalue weighted by Crippen LogP contribution is -2.76. The minimum Gasteiger partial charge on any atom is -0.468 e. The van der Waals surface area contributed by atoms with Gasteiger partial charge in [0.1, 0.15) is 0 Å². The molecule has 0 saturated carbocycles. The second kappa shape index (κ2) is 17.3. The molecule has 0 aromatic carbocycles. The summed E-state index contributed by atoms with van der Waals surface area (Å²) < 4.78 is 11.0. The molecule has 2 saturated heterocycles. The topological polar surface area (TPSA) is 105 Å². The number of hydrogen-bond donors (Lipinski definition) is 0. The summed E-state index contributed by atoms with van der Waals surface area (Å²) in [4.78, 5) is 59.5. The molecule has 4 atom stereocenters. The maximum absolute atomic E-state index is 15.3. The number of hydrogen-bond acceptors (Lipinski definition) is 10. The van der Waals surface area contributed by atoms with Crippen LogP contribution >= 0.6 is 0 Å². The lowest BCUT2D eigenvalue weighted by Gasteiger charge is -2.61. The fourth-order valence-corrected chi connectivity index (χ4v) is 7.80. The first kappa shape index (κ1) is 36.6. The van der Waals surface area contributed by atoms with Crippen molar-refractivity contribution in [1.29, 1.82) is 0 Å². The Bertz CT molecular complexity index is 1220. The summed E-state index contributed by atoms with van der Waals surface area (Å²) in [6, 6.07) is 9.57. The summed E-state index contributed by atoms with van der Waals surface area (Å²) in [6.07, 6.45) is 15.1. The first-order chi connectivity index (χ1) is 22.8. The zero-order valence-electron chi connectivity index (χ0n) is 29.2. The third kappa shape index (κ3) is 7.76. The number of pyridine rings is 2. The summed E-state index contributed by atoms with van der Waals surface area (Å²) in [7, 11) is 6.58. The van der Waals surface area contributed by atoms with Gasteiger partial charge in [-0.05, 0) is 51.3 Å². The zero-order valence-corrected chi connectivity index (χ0v) is 29.2. The maximum atomic E-state index is 15.3. The zero-order chi connectivity index (χ0) is 33.9. The summed E-state index contributed by atoms with van der Waals surface area (Å²) in [5, 5.41) is 0. The molecule has 4 rings (SSSR count). The maximum Gasteiger partial charge on any atom is 0.322 e. The smallest absolute Gasteiger partial charge is 0.322 e.